The fourth-order valence-corrected chi connectivity index (χ4v) is 2.40. The minimum absolute atomic E-state index is 0.729. The maximum Gasteiger partial charge on any atom is 0.143 e. The molecule has 0 amide bonds. The van der Waals surface area contributed by atoms with Gasteiger partial charge in [0.2, 0.25) is 0 Å². The van der Waals surface area contributed by atoms with E-state index in [4.69, 9.17) is 4.74 Å². The number of benzene rings is 1. The molecule has 1 aromatic carbocycles. The van der Waals surface area contributed by atoms with Gasteiger partial charge in [-0.05, 0) is 24.6 Å². The Balaban J connectivity index is 2.18. The van der Waals surface area contributed by atoms with E-state index in [1.807, 2.05) is 25.5 Å². The summed E-state index contributed by atoms with van der Waals surface area (Å²) in [5.74, 6) is 0.839. The summed E-state index contributed by atoms with van der Waals surface area (Å²) in [7, 11) is 3.59. The van der Waals surface area contributed by atoms with Crippen LogP contribution in [-0.4, -0.2) is 16.9 Å². The van der Waals surface area contributed by atoms with Crippen LogP contribution in [0.15, 0.2) is 29.0 Å². The fraction of sp³-hybridized carbons (Fsp3) is 0.308. The second kappa shape index (κ2) is 5.44. The molecule has 96 valence electrons. The highest BCUT2D eigenvalue weighted by Crippen LogP contribution is 2.32. The van der Waals surface area contributed by atoms with Crippen LogP contribution in [-0.2, 0) is 13.6 Å². The minimum atomic E-state index is 0.729. The number of rotatable bonds is 4. The van der Waals surface area contributed by atoms with Gasteiger partial charge in [0.15, 0.2) is 0 Å². The molecule has 18 heavy (non-hydrogen) atoms. The number of hydrogen-bond acceptors (Lipinski definition) is 3. The average molecular weight is 310 g/mol. The summed E-state index contributed by atoms with van der Waals surface area (Å²) in [5, 5.41) is 7.54. The second-order valence-electron chi connectivity index (χ2n) is 4.18. The number of methoxy groups -OCH3 is 1. The van der Waals surface area contributed by atoms with Gasteiger partial charge in [0.1, 0.15) is 5.75 Å². The molecule has 0 saturated heterocycles. The highest BCUT2D eigenvalue weighted by molar-refractivity contribution is 9.10. The predicted molar refractivity (Wildman–Crippen MR) is 76.0 cm³/mol. The maximum atomic E-state index is 5.39. The molecule has 1 aromatic heterocycles. The van der Waals surface area contributed by atoms with E-state index in [0.717, 1.165) is 33.6 Å². The maximum absolute atomic E-state index is 5.39. The Morgan fingerprint density at radius 3 is 2.83 bits per heavy atom. The molecule has 0 unspecified atom stereocenters. The zero-order valence-corrected chi connectivity index (χ0v) is 12.3. The van der Waals surface area contributed by atoms with E-state index < -0.39 is 0 Å². The first kappa shape index (κ1) is 13.0. The highest BCUT2D eigenvalue weighted by atomic mass is 79.9. The summed E-state index contributed by atoms with van der Waals surface area (Å²) >= 11 is 3.47. The number of anilines is 1. The molecule has 0 fully saturated rings. The lowest BCUT2D eigenvalue weighted by Gasteiger charge is -2.14. The van der Waals surface area contributed by atoms with Crippen LogP contribution in [0, 0.1) is 6.92 Å². The molecule has 0 saturated carbocycles. The average Bonchev–Trinajstić information content (AvgIpc) is 2.73. The Labute approximate surface area is 115 Å². The molecule has 0 aliphatic rings. The highest BCUT2D eigenvalue weighted by Gasteiger charge is 2.08. The molecule has 5 heteroatoms. The molecular formula is C13H16BrN3O. The lowest BCUT2D eigenvalue weighted by atomic mass is 10.2. The Hall–Kier alpha value is -1.49. The molecular weight excluding hydrogens is 294 g/mol. The van der Waals surface area contributed by atoms with E-state index in [2.05, 4.69) is 39.3 Å². The molecule has 0 spiro atoms. The van der Waals surface area contributed by atoms with Crippen LogP contribution in [0.4, 0.5) is 5.69 Å². The van der Waals surface area contributed by atoms with Gasteiger partial charge in [-0.3, -0.25) is 4.68 Å². The lowest BCUT2D eigenvalue weighted by Crippen LogP contribution is -2.02. The van der Waals surface area contributed by atoms with Gasteiger partial charge in [-0.2, -0.15) is 5.10 Å². The van der Waals surface area contributed by atoms with Gasteiger partial charge in [0.25, 0.3) is 0 Å². The zero-order chi connectivity index (χ0) is 13.1. The van der Waals surface area contributed by atoms with Crippen molar-refractivity contribution in [3.05, 3.63) is 40.1 Å². The van der Waals surface area contributed by atoms with Crippen molar-refractivity contribution in [2.24, 2.45) is 7.05 Å². The van der Waals surface area contributed by atoms with Crippen LogP contribution in [0.2, 0.25) is 0 Å². The molecule has 2 aromatic rings. The van der Waals surface area contributed by atoms with Crippen LogP contribution in [0.5, 0.6) is 5.75 Å². The molecule has 0 atom stereocenters. The Morgan fingerprint density at radius 1 is 1.44 bits per heavy atom. The van der Waals surface area contributed by atoms with Crippen LogP contribution >= 0.6 is 15.9 Å². The van der Waals surface area contributed by atoms with Gasteiger partial charge >= 0.3 is 0 Å². The Kier molecular flexibility index (Phi) is 3.91. The van der Waals surface area contributed by atoms with Gasteiger partial charge in [0.05, 0.1) is 19.0 Å². The molecule has 2 rings (SSSR count). The van der Waals surface area contributed by atoms with Crippen LogP contribution in [0.3, 0.4) is 0 Å². The van der Waals surface area contributed by atoms with Gasteiger partial charge in [-0.15, -0.1) is 0 Å². The van der Waals surface area contributed by atoms with Crippen molar-refractivity contribution in [1.82, 2.24) is 9.78 Å². The van der Waals surface area contributed by atoms with Crippen molar-refractivity contribution in [2.75, 3.05) is 12.4 Å². The normalized spacial score (nSPS) is 10.4. The summed E-state index contributed by atoms with van der Waals surface area (Å²) in [6.45, 7) is 2.78. The predicted octanol–water partition coefficient (Wildman–Crippen LogP) is 3.11. The summed E-state index contributed by atoms with van der Waals surface area (Å²) in [4.78, 5) is 0. The van der Waals surface area contributed by atoms with Gasteiger partial charge in [-0.1, -0.05) is 15.9 Å². The number of nitrogens with zero attached hydrogens (tertiary/aromatic N) is 2. The van der Waals surface area contributed by atoms with Crippen molar-refractivity contribution >= 4 is 21.6 Å². The van der Waals surface area contributed by atoms with E-state index in [0.29, 0.717) is 0 Å². The molecule has 0 aliphatic carbocycles. The third kappa shape index (κ3) is 2.85. The first-order valence-electron chi connectivity index (χ1n) is 5.65. The number of nitrogens with one attached hydrogen (secondary N) is 1. The van der Waals surface area contributed by atoms with E-state index in [9.17, 15) is 0 Å². The third-order valence-corrected chi connectivity index (χ3v) is 3.17. The summed E-state index contributed by atoms with van der Waals surface area (Å²) in [6.07, 6.45) is 3.85. The standard InChI is InChI=1S/C13H16BrN3O/c1-9-4-11(14)5-12(18-3)13(9)15-6-10-7-16-17(2)8-10/h4-5,7-8,15H,6H2,1-3H3. The molecule has 4 nitrogen and oxygen atoms in total. The first-order valence-corrected chi connectivity index (χ1v) is 6.45. The topological polar surface area (TPSA) is 39.1 Å². The number of aryl methyl sites for hydroxylation is 2. The van der Waals surface area contributed by atoms with Crippen LogP contribution < -0.4 is 10.1 Å². The SMILES string of the molecule is COc1cc(Br)cc(C)c1NCc1cnn(C)c1. The Bertz CT molecular complexity index is 551. The third-order valence-electron chi connectivity index (χ3n) is 2.71. The van der Waals surface area contributed by atoms with E-state index >= 15 is 0 Å². The summed E-state index contributed by atoms with van der Waals surface area (Å²) < 4.78 is 8.20. The fourth-order valence-electron chi connectivity index (χ4n) is 1.85. The Morgan fingerprint density at radius 2 is 2.22 bits per heavy atom. The van der Waals surface area contributed by atoms with E-state index in [1.165, 1.54) is 0 Å². The number of hydrogen-bond donors (Lipinski definition) is 1. The monoisotopic (exact) mass is 309 g/mol. The van der Waals surface area contributed by atoms with Crippen molar-refractivity contribution in [3.8, 4) is 5.75 Å². The van der Waals surface area contributed by atoms with Gasteiger partial charge < -0.3 is 10.1 Å². The van der Waals surface area contributed by atoms with Crippen molar-refractivity contribution in [3.63, 3.8) is 0 Å². The largest absolute Gasteiger partial charge is 0.495 e. The molecule has 0 bridgehead atoms. The molecule has 1 N–H and O–H groups in total. The van der Waals surface area contributed by atoms with E-state index in [-0.39, 0.29) is 0 Å². The lowest BCUT2D eigenvalue weighted by molar-refractivity contribution is 0.416. The van der Waals surface area contributed by atoms with Gasteiger partial charge in [-0.25, -0.2) is 0 Å². The van der Waals surface area contributed by atoms with Crippen LogP contribution in [0.1, 0.15) is 11.1 Å². The number of aromatic nitrogens is 2. The van der Waals surface area contributed by atoms with E-state index in [1.54, 1.807) is 11.8 Å². The second-order valence-corrected chi connectivity index (χ2v) is 5.09. The smallest absolute Gasteiger partial charge is 0.143 e. The number of ether oxygens (including phenoxy) is 1. The minimum Gasteiger partial charge on any atom is -0.495 e. The quantitative estimate of drug-likeness (QED) is 0.943. The van der Waals surface area contributed by atoms with Crippen molar-refractivity contribution < 1.29 is 4.74 Å². The zero-order valence-electron chi connectivity index (χ0n) is 10.7. The molecule has 0 aliphatic heterocycles. The van der Waals surface area contributed by atoms with Crippen LogP contribution in [0.25, 0.3) is 0 Å². The number of halogens is 1. The molecule has 1 heterocycles. The summed E-state index contributed by atoms with van der Waals surface area (Å²) in [5.41, 5.74) is 3.30. The first-order chi connectivity index (χ1) is 8.60. The molecule has 0 radical (unpaired) electrons. The van der Waals surface area contributed by atoms with Crippen molar-refractivity contribution in [2.45, 2.75) is 13.5 Å². The van der Waals surface area contributed by atoms with Gasteiger partial charge in [0, 0.05) is 29.8 Å². The van der Waals surface area contributed by atoms with Crippen molar-refractivity contribution in [1.29, 1.82) is 0 Å². The summed E-state index contributed by atoms with van der Waals surface area (Å²) in [6, 6.07) is 4.02.